The predicted molar refractivity (Wildman–Crippen MR) is 65.5 cm³/mol. The molecule has 1 rings (SSSR count). The van der Waals surface area contributed by atoms with Crippen molar-refractivity contribution in [1.29, 1.82) is 0 Å². The van der Waals surface area contributed by atoms with Crippen LogP contribution in [0.4, 0.5) is 9.18 Å². The molecule has 0 spiro atoms. The largest absolute Gasteiger partial charge is 0.492 e. The molecule has 7 heteroatoms. The quantitative estimate of drug-likeness (QED) is 0.644. The van der Waals surface area contributed by atoms with Gasteiger partial charge in [-0.3, -0.25) is 4.79 Å². The van der Waals surface area contributed by atoms with E-state index in [1.54, 1.807) is 0 Å². The van der Waals surface area contributed by atoms with Crippen molar-refractivity contribution >= 4 is 12.0 Å². The number of hydrogen-bond donors (Lipinski definition) is 3. The lowest BCUT2D eigenvalue weighted by Gasteiger charge is -2.08. The summed E-state index contributed by atoms with van der Waals surface area (Å²) in [5, 5.41) is 13.2. The number of carboxylic acids is 1. The van der Waals surface area contributed by atoms with Crippen molar-refractivity contribution in [3.8, 4) is 5.75 Å². The zero-order valence-corrected chi connectivity index (χ0v) is 10.2. The Bertz CT molecular complexity index is 422. The van der Waals surface area contributed by atoms with Gasteiger partial charge in [0, 0.05) is 6.54 Å². The van der Waals surface area contributed by atoms with Crippen molar-refractivity contribution in [1.82, 2.24) is 10.6 Å². The molecule has 0 bridgehead atoms. The molecule has 0 atom stereocenters. The van der Waals surface area contributed by atoms with Crippen molar-refractivity contribution in [2.45, 2.75) is 6.42 Å². The van der Waals surface area contributed by atoms with E-state index < -0.39 is 12.0 Å². The third kappa shape index (κ3) is 6.87. The summed E-state index contributed by atoms with van der Waals surface area (Å²) in [6, 6.07) is 5.08. The van der Waals surface area contributed by atoms with E-state index in [2.05, 4.69) is 10.6 Å². The fourth-order valence-corrected chi connectivity index (χ4v) is 1.21. The number of carbonyl (C=O) groups is 2. The monoisotopic (exact) mass is 270 g/mol. The minimum atomic E-state index is -0.972. The van der Waals surface area contributed by atoms with Crippen molar-refractivity contribution in [3.63, 3.8) is 0 Å². The molecule has 3 N–H and O–H groups in total. The number of halogens is 1. The standard InChI is InChI=1S/C12H15FN2O4/c13-9-1-3-10(4-2-9)19-8-7-15-12(18)14-6-5-11(16)17/h1-4H,5-8H2,(H,16,17)(H2,14,15,18). The molecule has 0 saturated heterocycles. The van der Waals surface area contributed by atoms with Crippen LogP contribution in [0.5, 0.6) is 5.75 Å². The van der Waals surface area contributed by atoms with Crippen LogP contribution in [-0.2, 0) is 4.79 Å². The molecular weight excluding hydrogens is 255 g/mol. The van der Waals surface area contributed by atoms with Gasteiger partial charge >= 0.3 is 12.0 Å². The number of hydrogen-bond acceptors (Lipinski definition) is 3. The van der Waals surface area contributed by atoms with Crippen LogP contribution in [0.25, 0.3) is 0 Å². The van der Waals surface area contributed by atoms with Crippen LogP contribution in [0.15, 0.2) is 24.3 Å². The average molecular weight is 270 g/mol. The molecule has 6 nitrogen and oxygen atoms in total. The van der Waals surface area contributed by atoms with E-state index in [1.807, 2.05) is 0 Å². The van der Waals surface area contributed by atoms with Crippen molar-refractivity contribution in [2.75, 3.05) is 19.7 Å². The Morgan fingerprint density at radius 3 is 2.42 bits per heavy atom. The first-order chi connectivity index (χ1) is 9.08. The molecule has 0 unspecified atom stereocenters. The Balaban J connectivity index is 2.08. The van der Waals surface area contributed by atoms with E-state index in [0.717, 1.165) is 0 Å². The fraction of sp³-hybridized carbons (Fsp3) is 0.333. The van der Waals surface area contributed by atoms with Gasteiger partial charge in [0.1, 0.15) is 18.2 Å². The van der Waals surface area contributed by atoms with Gasteiger partial charge in [0.25, 0.3) is 0 Å². The summed E-state index contributed by atoms with van der Waals surface area (Å²) in [7, 11) is 0. The molecule has 0 heterocycles. The van der Waals surface area contributed by atoms with E-state index in [0.29, 0.717) is 5.75 Å². The zero-order valence-electron chi connectivity index (χ0n) is 10.2. The molecule has 104 valence electrons. The topological polar surface area (TPSA) is 87.7 Å². The number of carbonyl (C=O) groups excluding carboxylic acids is 1. The Labute approximate surface area is 109 Å². The highest BCUT2D eigenvalue weighted by atomic mass is 19.1. The number of carboxylic acid groups (broad SMARTS) is 1. The van der Waals surface area contributed by atoms with Gasteiger partial charge in [-0.05, 0) is 24.3 Å². The summed E-state index contributed by atoms with van der Waals surface area (Å²) in [5.41, 5.74) is 0. The maximum Gasteiger partial charge on any atom is 0.314 e. The maximum absolute atomic E-state index is 12.6. The first-order valence-corrected chi connectivity index (χ1v) is 5.70. The minimum absolute atomic E-state index is 0.0694. The summed E-state index contributed by atoms with van der Waals surface area (Å²) in [6.45, 7) is 0.564. The lowest BCUT2D eigenvalue weighted by Crippen LogP contribution is -2.38. The van der Waals surface area contributed by atoms with Gasteiger partial charge in [-0.1, -0.05) is 0 Å². The fourth-order valence-electron chi connectivity index (χ4n) is 1.21. The van der Waals surface area contributed by atoms with Gasteiger partial charge in [0.15, 0.2) is 0 Å². The number of benzene rings is 1. The Morgan fingerprint density at radius 1 is 1.16 bits per heavy atom. The van der Waals surface area contributed by atoms with Crippen LogP contribution in [0.1, 0.15) is 6.42 Å². The predicted octanol–water partition coefficient (Wildman–Crippen LogP) is 0.978. The molecule has 2 amide bonds. The molecule has 0 fully saturated rings. The highest BCUT2D eigenvalue weighted by molar-refractivity contribution is 5.74. The second-order valence-corrected chi connectivity index (χ2v) is 3.63. The summed E-state index contributed by atoms with van der Waals surface area (Å²) < 4.78 is 17.8. The van der Waals surface area contributed by atoms with E-state index in [9.17, 15) is 14.0 Å². The molecule has 19 heavy (non-hydrogen) atoms. The van der Waals surface area contributed by atoms with Crippen molar-refractivity contribution < 1.29 is 23.8 Å². The van der Waals surface area contributed by atoms with E-state index in [1.165, 1.54) is 24.3 Å². The summed E-state index contributed by atoms with van der Waals surface area (Å²) in [6.07, 6.45) is -0.125. The van der Waals surface area contributed by atoms with Crippen molar-refractivity contribution in [2.24, 2.45) is 0 Å². The highest BCUT2D eigenvalue weighted by Gasteiger charge is 2.01. The second-order valence-electron chi connectivity index (χ2n) is 3.63. The Hall–Kier alpha value is -2.31. The normalized spacial score (nSPS) is 9.74. The first-order valence-electron chi connectivity index (χ1n) is 5.70. The van der Waals surface area contributed by atoms with Crippen LogP contribution in [0.2, 0.25) is 0 Å². The summed E-state index contributed by atoms with van der Waals surface area (Å²) in [5.74, 6) is -0.808. The molecule has 0 aliphatic heterocycles. The number of nitrogens with one attached hydrogen (secondary N) is 2. The van der Waals surface area contributed by atoms with Gasteiger partial charge < -0.3 is 20.5 Å². The molecule has 1 aromatic carbocycles. The third-order valence-corrected chi connectivity index (χ3v) is 2.09. The van der Waals surface area contributed by atoms with Gasteiger partial charge in [0.2, 0.25) is 0 Å². The van der Waals surface area contributed by atoms with Gasteiger partial charge in [-0.15, -0.1) is 0 Å². The number of urea groups is 1. The third-order valence-electron chi connectivity index (χ3n) is 2.09. The summed E-state index contributed by atoms with van der Waals surface area (Å²) >= 11 is 0. The van der Waals surface area contributed by atoms with Gasteiger partial charge in [-0.2, -0.15) is 0 Å². The SMILES string of the molecule is O=C(O)CCNC(=O)NCCOc1ccc(F)cc1. The molecule has 0 saturated carbocycles. The Morgan fingerprint density at radius 2 is 1.79 bits per heavy atom. The molecular formula is C12H15FN2O4. The molecule has 0 aliphatic carbocycles. The van der Waals surface area contributed by atoms with Crippen LogP contribution >= 0.6 is 0 Å². The Kier molecular flexibility index (Phi) is 6.14. The molecule has 1 aromatic rings. The van der Waals surface area contributed by atoms with E-state index >= 15 is 0 Å². The number of amides is 2. The van der Waals surface area contributed by atoms with Crippen LogP contribution in [0, 0.1) is 5.82 Å². The maximum atomic E-state index is 12.6. The second kappa shape index (κ2) is 7.91. The molecule has 0 radical (unpaired) electrons. The summed E-state index contributed by atoms with van der Waals surface area (Å²) in [4.78, 5) is 21.4. The minimum Gasteiger partial charge on any atom is -0.492 e. The van der Waals surface area contributed by atoms with E-state index in [-0.39, 0.29) is 31.9 Å². The first kappa shape index (κ1) is 14.7. The zero-order chi connectivity index (χ0) is 14.1. The number of aliphatic carboxylic acids is 1. The van der Waals surface area contributed by atoms with Gasteiger partial charge in [-0.25, -0.2) is 9.18 Å². The highest BCUT2D eigenvalue weighted by Crippen LogP contribution is 2.10. The number of ether oxygens (including phenoxy) is 1. The van der Waals surface area contributed by atoms with Gasteiger partial charge in [0.05, 0.1) is 13.0 Å². The lowest BCUT2D eigenvalue weighted by molar-refractivity contribution is -0.136. The van der Waals surface area contributed by atoms with E-state index in [4.69, 9.17) is 9.84 Å². The molecule has 0 aliphatic rings. The van der Waals surface area contributed by atoms with Crippen molar-refractivity contribution in [3.05, 3.63) is 30.1 Å². The van der Waals surface area contributed by atoms with Crippen LogP contribution in [-0.4, -0.2) is 36.8 Å². The lowest BCUT2D eigenvalue weighted by atomic mass is 10.3. The molecule has 0 aromatic heterocycles. The smallest absolute Gasteiger partial charge is 0.314 e. The van der Waals surface area contributed by atoms with Crippen LogP contribution in [0.3, 0.4) is 0 Å². The number of rotatable bonds is 7. The average Bonchev–Trinajstić information content (AvgIpc) is 2.36. The van der Waals surface area contributed by atoms with Crippen LogP contribution < -0.4 is 15.4 Å².